The largest absolute Gasteiger partial charge is 0.335 e. The van der Waals surface area contributed by atoms with Gasteiger partial charge in [0.2, 0.25) is 0 Å². The Morgan fingerprint density at radius 2 is 2.43 bits per heavy atom. The van der Waals surface area contributed by atoms with E-state index in [9.17, 15) is 4.79 Å². The number of carbonyl (C=O) groups is 1. The number of amides is 1. The van der Waals surface area contributed by atoms with Crippen molar-refractivity contribution in [1.82, 2.24) is 4.90 Å². The van der Waals surface area contributed by atoms with Crippen LogP contribution in [0.15, 0.2) is 15.9 Å². The van der Waals surface area contributed by atoms with E-state index in [1.54, 1.807) is 0 Å². The van der Waals surface area contributed by atoms with Crippen molar-refractivity contribution in [2.75, 3.05) is 6.54 Å². The molecule has 1 aliphatic rings. The van der Waals surface area contributed by atoms with Crippen molar-refractivity contribution in [2.24, 2.45) is 0 Å². The molecule has 1 atom stereocenters. The van der Waals surface area contributed by atoms with Crippen molar-refractivity contribution in [3.8, 4) is 0 Å². The molecule has 0 aliphatic carbocycles. The highest BCUT2D eigenvalue weighted by atomic mass is 79.9. The van der Waals surface area contributed by atoms with Gasteiger partial charge in [-0.1, -0.05) is 0 Å². The second kappa shape index (κ2) is 4.03. The Morgan fingerprint density at radius 1 is 1.64 bits per heavy atom. The summed E-state index contributed by atoms with van der Waals surface area (Å²) in [5, 5.41) is 0. The van der Waals surface area contributed by atoms with Gasteiger partial charge in [0.05, 0.1) is 8.66 Å². The third-order valence-electron chi connectivity index (χ3n) is 2.60. The highest BCUT2D eigenvalue weighted by Crippen LogP contribution is 2.26. The number of hydrogen-bond acceptors (Lipinski definition) is 2. The van der Waals surface area contributed by atoms with Crippen LogP contribution < -0.4 is 0 Å². The quantitative estimate of drug-likeness (QED) is 0.770. The lowest BCUT2D eigenvalue weighted by atomic mass is 10.2. The summed E-state index contributed by atoms with van der Waals surface area (Å²) >= 11 is 4.88. The van der Waals surface area contributed by atoms with E-state index < -0.39 is 0 Å². The van der Waals surface area contributed by atoms with Gasteiger partial charge in [0.15, 0.2) is 0 Å². The molecule has 0 saturated carbocycles. The molecule has 0 aromatic carbocycles. The van der Waals surface area contributed by atoms with E-state index in [-0.39, 0.29) is 5.91 Å². The molecule has 14 heavy (non-hydrogen) atoms. The molecule has 4 heteroatoms. The monoisotopic (exact) mass is 273 g/mol. The number of halogens is 1. The average molecular weight is 274 g/mol. The molecule has 0 radical (unpaired) electrons. The Hall–Kier alpha value is -0.350. The maximum absolute atomic E-state index is 12.0. The van der Waals surface area contributed by atoms with Crippen molar-refractivity contribution in [3.63, 3.8) is 0 Å². The maximum Gasteiger partial charge on any atom is 0.264 e. The highest BCUT2D eigenvalue weighted by molar-refractivity contribution is 9.11. The summed E-state index contributed by atoms with van der Waals surface area (Å²) in [6.45, 7) is 3.03. The van der Waals surface area contributed by atoms with Gasteiger partial charge in [-0.15, -0.1) is 11.3 Å². The molecule has 2 rings (SSSR count). The summed E-state index contributed by atoms with van der Waals surface area (Å²) < 4.78 is 1.02. The molecule has 76 valence electrons. The van der Waals surface area contributed by atoms with Gasteiger partial charge in [-0.2, -0.15) is 0 Å². The lowest BCUT2D eigenvalue weighted by Crippen LogP contribution is -2.32. The molecule has 2 heterocycles. The summed E-state index contributed by atoms with van der Waals surface area (Å²) in [4.78, 5) is 14.8. The molecule has 2 nitrogen and oxygen atoms in total. The molecule has 0 bridgehead atoms. The van der Waals surface area contributed by atoms with Crippen LogP contribution in [0.3, 0.4) is 0 Å². The Kier molecular flexibility index (Phi) is 2.93. The van der Waals surface area contributed by atoms with Crippen LogP contribution in [0.25, 0.3) is 0 Å². The summed E-state index contributed by atoms with van der Waals surface area (Å²) in [7, 11) is 0. The van der Waals surface area contributed by atoms with Crippen LogP contribution in [0, 0.1) is 0 Å². The molecule has 1 unspecified atom stereocenters. The molecule has 1 aromatic heterocycles. The van der Waals surface area contributed by atoms with E-state index >= 15 is 0 Å². The van der Waals surface area contributed by atoms with Crippen LogP contribution in [0.2, 0.25) is 0 Å². The van der Waals surface area contributed by atoms with Gasteiger partial charge in [-0.3, -0.25) is 4.79 Å². The molecular formula is C10H12BrNOS. The molecule has 0 spiro atoms. The van der Waals surface area contributed by atoms with Gasteiger partial charge < -0.3 is 4.90 Å². The van der Waals surface area contributed by atoms with Crippen LogP contribution in [0.1, 0.15) is 29.4 Å². The van der Waals surface area contributed by atoms with E-state index in [4.69, 9.17) is 0 Å². The van der Waals surface area contributed by atoms with Gasteiger partial charge in [0, 0.05) is 12.6 Å². The Balaban J connectivity index is 2.15. The first kappa shape index (κ1) is 10.2. The first-order valence-electron chi connectivity index (χ1n) is 4.75. The molecule has 1 aromatic rings. The number of rotatable bonds is 1. The lowest BCUT2D eigenvalue weighted by Gasteiger charge is -2.20. The first-order chi connectivity index (χ1) is 6.68. The number of thiophene rings is 1. The van der Waals surface area contributed by atoms with Crippen molar-refractivity contribution in [2.45, 2.75) is 25.8 Å². The number of carbonyl (C=O) groups excluding carboxylic acids is 1. The zero-order valence-corrected chi connectivity index (χ0v) is 10.4. The van der Waals surface area contributed by atoms with Gasteiger partial charge in [-0.05, 0) is 47.8 Å². The predicted octanol–water partition coefficient (Wildman–Crippen LogP) is 3.14. The molecule has 1 amide bonds. The van der Waals surface area contributed by atoms with Crippen LogP contribution in [-0.2, 0) is 0 Å². The predicted molar refractivity (Wildman–Crippen MR) is 61.8 cm³/mol. The van der Waals surface area contributed by atoms with Crippen LogP contribution in [0.4, 0.5) is 0 Å². The SMILES string of the molecule is CC1CCCN1C(=O)c1ccc(Br)s1. The third-order valence-corrected chi connectivity index (χ3v) is 4.21. The van der Waals surface area contributed by atoms with Gasteiger partial charge in [0.25, 0.3) is 5.91 Å². The lowest BCUT2D eigenvalue weighted by molar-refractivity contribution is 0.0752. The third kappa shape index (κ3) is 1.86. The minimum absolute atomic E-state index is 0.186. The molecule has 1 saturated heterocycles. The maximum atomic E-state index is 12.0. The first-order valence-corrected chi connectivity index (χ1v) is 6.36. The zero-order valence-electron chi connectivity index (χ0n) is 8.00. The molecule has 1 fully saturated rings. The fourth-order valence-electron chi connectivity index (χ4n) is 1.81. The summed E-state index contributed by atoms with van der Waals surface area (Å²) in [5.74, 6) is 0.186. The Bertz CT molecular complexity index is 350. The minimum atomic E-state index is 0.186. The zero-order chi connectivity index (χ0) is 10.1. The molecule has 0 N–H and O–H groups in total. The van der Waals surface area contributed by atoms with Crippen LogP contribution in [0.5, 0.6) is 0 Å². The number of nitrogens with zero attached hydrogens (tertiary/aromatic N) is 1. The average Bonchev–Trinajstić information content (AvgIpc) is 2.73. The van der Waals surface area contributed by atoms with Gasteiger partial charge in [0.1, 0.15) is 0 Å². The molecular weight excluding hydrogens is 262 g/mol. The van der Waals surface area contributed by atoms with Crippen LogP contribution >= 0.6 is 27.3 Å². The van der Waals surface area contributed by atoms with Gasteiger partial charge >= 0.3 is 0 Å². The smallest absolute Gasteiger partial charge is 0.264 e. The van der Waals surface area contributed by atoms with E-state index in [2.05, 4.69) is 22.9 Å². The van der Waals surface area contributed by atoms with Crippen molar-refractivity contribution >= 4 is 33.2 Å². The van der Waals surface area contributed by atoms with Crippen LogP contribution in [-0.4, -0.2) is 23.4 Å². The second-order valence-corrected chi connectivity index (χ2v) is 6.06. The fourth-order valence-corrected chi connectivity index (χ4v) is 3.15. The van der Waals surface area contributed by atoms with E-state index in [0.29, 0.717) is 6.04 Å². The topological polar surface area (TPSA) is 20.3 Å². The fraction of sp³-hybridized carbons (Fsp3) is 0.500. The van der Waals surface area contributed by atoms with Crippen molar-refractivity contribution < 1.29 is 4.79 Å². The standard InChI is InChI=1S/C10H12BrNOS/c1-7-3-2-6-12(7)10(13)8-4-5-9(11)14-8/h4-5,7H,2-3,6H2,1H3. The van der Waals surface area contributed by atoms with Crippen molar-refractivity contribution in [3.05, 3.63) is 20.8 Å². The normalized spacial score (nSPS) is 21.6. The second-order valence-electron chi connectivity index (χ2n) is 3.59. The highest BCUT2D eigenvalue weighted by Gasteiger charge is 2.26. The van der Waals surface area contributed by atoms with E-state index in [1.807, 2.05) is 17.0 Å². The number of hydrogen-bond donors (Lipinski definition) is 0. The molecule has 1 aliphatic heterocycles. The minimum Gasteiger partial charge on any atom is -0.335 e. The summed E-state index contributed by atoms with van der Waals surface area (Å²) in [6.07, 6.45) is 2.28. The van der Waals surface area contributed by atoms with Crippen molar-refractivity contribution in [1.29, 1.82) is 0 Å². The van der Waals surface area contributed by atoms with E-state index in [0.717, 1.165) is 28.0 Å². The Labute approximate surface area is 96.0 Å². The van der Waals surface area contributed by atoms with E-state index in [1.165, 1.54) is 11.3 Å². The number of likely N-dealkylation sites (tertiary alicyclic amines) is 1. The van der Waals surface area contributed by atoms with Gasteiger partial charge in [-0.25, -0.2) is 0 Å². The summed E-state index contributed by atoms with van der Waals surface area (Å²) in [6, 6.07) is 4.23. The Morgan fingerprint density at radius 3 is 2.93 bits per heavy atom. The summed E-state index contributed by atoms with van der Waals surface area (Å²) in [5.41, 5.74) is 0.